The maximum Gasteiger partial charge on any atom is 0.264 e. The van der Waals surface area contributed by atoms with Crippen LogP contribution in [-0.2, 0) is 34.2 Å². The molecule has 0 saturated heterocycles. The van der Waals surface area contributed by atoms with E-state index < -0.39 is 26.8 Å². The van der Waals surface area contributed by atoms with Crippen molar-refractivity contribution in [2.24, 2.45) is 17.8 Å². The second kappa shape index (κ2) is 14.8. The van der Waals surface area contributed by atoms with Crippen LogP contribution in [-0.4, -0.2) is 50.4 Å². The van der Waals surface area contributed by atoms with E-state index in [4.69, 9.17) is 26.1 Å². The number of hydrogen-bond donors (Lipinski definition) is 1. The molecule has 2 aromatic carbocycles. The van der Waals surface area contributed by atoms with Crippen LogP contribution in [0.4, 0.5) is 5.69 Å². The number of nitrogens with one attached hydrogen (secondary N) is 1. The summed E-state index contributed by atoms with van der Waals surface area (Å²) in [5.41, 5.74) is 4.83. The molecule has 1 aliphatic carbocycles. The maximum atomic E-state index is 13.5. The number of halogens is 1. The van der Waals surface area contributed by atoms with E-state index in [0.29, 0.717) is 36.1 Å². The number of ether oxygens (including phenoxy) is 2. The molecule has 3 aliphatic rings. The van der Waals surface area contributed by atoms with Crippen LogP contribution in [0.5, 0.6) is 5.75 Å². The number of amides is 1. The Kier molecular flexibility index (Phi) is 10.7. The third kappa shape index (κ3) is 7.84. The highest BCUT2D eigenvalue weighted by molar-refractivity contribution is 7.90. The molecule has 3 aromatic rings. The SMILES string of the molecule is CO[C@@]1(Cc2cc(C)ccn2)/C=C/C[C@H](C)[C@@H](C)S(=O)(=O)NC(=O)c2ccc3c(c2)N(CCCCc2cc(Cl)ccc2CO3)C[C@@H]2CC[C@H]21. The molecule has 1 saturated carbocycles. The lowest BCUT2D eigenvalue weighted by molar-refractivity contribution is -0.0749. The highest BCUT2D eigenvalue weighted by atomic mass is 35.5. The third-order valence-corrected chi connectivity index (χ3v) is 13.1. The highest BCUT2D eigenvalue weighted by Gasteiger charge is 2.47. The number of sulfonamides is 1. The first-order valence-corrected chi connectivity index (χ1v) is 19.4. The summed E-state index contributed by atoms with van der Waals surface area (Å²) in [6.45, 7) is 7.50. The minimum Gasteiger partial charge on any atom is -0.487 e. The predicted octanol–water partition coefficient (Wildman–Crippen LogP) is 7.46. The van der Waals surface area contributed by atoms with E-state index in [9.17, 15) is 13.2 Å². The molecule has 1 amide bonds. The van der Waals surface area contributed by atoms with Gasteiger partial charge in [0.25, 0.3) is 5.91 Å². The van der Waals surface area contributed by atoms with Gasteiger partial charge in [-0.3, -0.25) is 9.78 Å². The van der Waals surface area contributed by atoms with Gasteiger partial charge in [-0.15, -0.1) is 0 Å². The molecule has 1 aromatic heterocycles. The van der Waals surface area contributed by atoms with Crippen molar-refractivity contribution >= 4 is 33.2 Å². The second-order valence-electron chi connectivity index (χ2n) is 14.2. The van der Waals surface area contributed by atoms with Crippen molar-refractivity contribution in [3.63, 3.8) is 0 Å². The van der Waals surface area contributed by atoms with Gasteiger partial charge in [0.05, 0.1) is 16.5 Å². The normalized spacial score (nSPS) is 28.0. The van der Waals surface area contributed by atoms with Gasteiger partial charge < -0.3 is 14.4 Å². The van der Waals surface area contributed by atoms with E-state index in [-0.39, 0.29) is 17.4 Å². The summed E-state index contributed by atoms with van der Waals surface area (Å²) in [6.07, 6.45) is 12.1. The number of allylic oxidation sites excluding steroid dienone is 1. The van der Waals surface area contributed by atoms with Gasteiger partial charge in [-0.1, -0.05) is 36.7 Å². The molecule has 2 bridgehead atoms. The van der Waals surface area contributed by atoms with Crippen LogP contribution < -0.4 is 14.4 Å². The van der Waals surface area contributed by atoms with Gasteiger partial charge in [0.1, 0.15) is 12.4 Å². The molecule has 6 rings (SSSR count). The quantitative estimate of drug-likeness (QED) is 0.283. The van der Waals surface area contributed by atoms with E-state index in [2.05, 4.69) is 34.8 Å². The zero-order valence-corrected chi connectivity index (χ0v) is 30.5. The fourth-order valence-corrected chi connectivity index (χ4v) is 9.12. The number of fused-ring (bicyclic) bond motifs is 3. The van der Waals surface area contributed by atoms with Crippen LogP contribution in [0.25, 0.3) is 0 Å². The highest BCUT2D eigenvalue weighted by Crippen LogP contribution is 2.47. The molecule has 3 heterocycles. The van der Waals surface area contributed by atoms with Crippen molar-refractivity contribution in [1.29, 1.82) is 0 Å². The van der Waals surface area contributed by atoms with Gasteiger partial charge >= 0.3 is 0 Å². The van der Waals surface area contributed by atoms with Crippen LogP contribution in [0.1, 0.15) is 78.7 Å². The number of hydrogen-bond acceptors (Lipinski definition) is 7. The smallest absolute Gasteiger partial charge is 0.264 e. The summed E-state index contributed by atoms with van der Waals surface area (Å²) in [4.78, 5) is 20.6. The number of aryl methyl sites for hydroxylation is 2. The van der Waals surface area contributed by atoms with Crippen molar-refractivity contribution in [2.45, 2.75) is 83.2 Å². The lowest BCUT2D eigenvalue weighted by atomic mass is 9.62. The number of anilines is 1. The molecule has 0 spiro atoms. The zero-order chi connectivity index (χ0) is 34.8. The van der Waals surface area contributed by atoms with Crippen LogP contribution in [0.2, 0.25) is 5.02 Å². The molecule has 8 nitrogen and oxygen atoms in total. The first kappa shape index (κ1) is 35.4. The molecule has 5 atom stereocenters. The van der Waals surface area contributed by atoms with Crippen LogP contribution in [0, 0.1) is 24.7 Å². The Morgan fingerprint density at radius 3 is 2.67 bits per heavy atom. The molecular formula is C39H48ClN3O5S. The maximum absolute atomic E-state index is 13.5. The van der Waals surface area contributed by atoms with Crippen molar-refractivity contribution < 1.29 is 22.7 Å². The Labute approximate surface area is 296 Å². The molecule has 0 unspecified atom stereocenters. The standard InChI is InChI=1S/C39H48ClN3O5S/c1-26-16-18-41-34(20-26)23-39(47-4)17-7-8-27(2)28(3)49(45,46)42-38(44)30-12-15-37-36(22-30)43(24-31-11-14-35(31)39)19-6-5-9-29-21-33(40)13-10-32(29)25-48-37/h7,10,12-13,15-18,20-22,27-28,31,35H,5-6,8-9,11,14,19,23-25H2,1-4H3,(H,42,44)/b17-7+/t27-,28+,31-,35+,39+/m0/s1. The van der Waals surface area contributed by atoms with Gasteiger partial charge in [0, 0.05) is 49.1 Å². The van der Waals surface area contributed by atoms with E-state index in [1.165, 1.54) is 5.56 Å². The summed E-state index contributed by atoms with van der Waals surface area (Å²) in [6, 6.07) is 15.3. The Morgan fingerprint density at radius 1 is 1.08 bits per heavy atom. The fraction of sp³-hybridized carbons (Fsp3) is 0.487. The van der Waals surface area contributed by atoms with Crippen LogP contribution in [0.15, 0.2) is 66.9 Å². The van der Waals surface area contributed by atoms with E-state index in [1.54, 1.807) is 32.2 Å². The summed E-state index contributed by atoms with van der Waals surface area (Å²) >= 11 is 6.38. The number of carbonyl (C=O) groups excluding carboxylic acids is 1. The molecule has 1 N–H and O–H groups in total. The molecule has 1 fully saturated rings. The lowest BCUT2D eigenvalue weighted by Crippen LogP contribution is -2.52. The number of benzene rings is 2. The molecule has 10 heteroatoms. The molecule has 49 heavy (non-hydrogen) atoms. The largest absolute Gasteiger partial charge is 0.487 e. The summed E-state index contributed by atoms with van der Waals surface area (Å²) in [7, 11) is -2.18. The number of nitrogens with zero attached hydrogens (tertiary/aromatic N) is 2. The van der Waals surface area contributed by atoms with Gasteiger partial charge in [0.15, 0.2) is 0 Å². The predicted molar refractivity (Wildman–Crippen MR) is 195 cm³/mol. The molecule has 262 valence electrons. The van der Waals surface area contributed by atoms with Gasteiger partial charge in [0.2, 0.25) is 10.0 Å². The van der Waals surface area contributed by atoms with Gasteiger partial charge in [-0.05, 0) is 129 Å². The summed E-state index contributed by atoms with van der Waals surface area (Å²) < 4.78 is 42.4. The van der Waals surface area contributed by atoms with Crippen molar-refractivity contribution in [2.75, 3.05) is 25.1 Å². The number of carbonyl (C=O) groups is 1. The second-order valence-corrected chi connectivity index (χ2v) is 16.7. The number of pyridine rings is 1. The minimum absolute atomic E-state index is 0.209. The average Bonchev–Trinajstić information content (AvgIpc) is 3.08. The molecular weight excluding hydrogens is 658 g/mol. The Balaban J connectivity index is 1.43. The van der Waals surface area contributed by atoms with Gasteiger partial charge in [-0.25, -0.2) is 13.1 Å². The summed E-state index contributed by atoms with van der Waals surface area (Å²) in [5, 5.41) is -0.0870. The first-order chi connectivity index (χ1) is 23.5. The van der Waals surface area contributed by atoms with Crippen LogP contribution >= 0.6 is 11.6 Å². The molecule has 0 radical (unpaired) electrons. The van der Waals surface area contributed by atoms with E-state index >= 15 is 0 Å². The Hall–Kier alpha value is -3.40. The summed E-state index contributed by atoms with van der Waals surface area (Å²) in [5.74, 6) is 0.297. The minimum atomic E-state index is -3.96. The Bertz CT molecular complexity index is 1810. The monoisotopic (exact) mass is 705 g/mol. The fourth-order valence-electron chi connectivity index (χ4n) is 7.64. The van der Waals surface area contributed by atoms with Crippen molar-refractivity contribution in [1.82, 2.24) is 9.71 Å². The van der Waals surface area contributed by atoms with E-state index in [1.807, 2.05) is 37.4 Å². The zero-order valence-electron chi connectivity index (χ0n) is 29.0. The Morgan fingerprint density at radius 2 is 1.92 bits per heavy atom. The first-order valence-electron chi connectivity index (χ1n) is 17.5. The number of aromatic nitrogens is 1. The number of rotatable bonds is 3. The lowest BCUT2D eigenvalue weighted by Gasteiger charge is -2.50. The van der Waals surface area contributed by atoms with Crippen molar-refractivity contribution in [3.8, 4) is 5.75 Å². The topological polar surface area (TPSA) is 97.8 Å². The molecule has 2 aliphatic heterocycles. The number of methoxy groups -OCH3 is 1. The average molecular weight is 706 g/mol. The van der Waals surface area contributed by atoms with Crippen molar-refractivity contribution in [3.05, 3.63) is 99.9 Å². The van der Waals surface area contributed by atoms with Gasteiger partial charge in [-0.2, -0.15) is 0 Å². The van der Waals surface area contributed by atoms with E-state index in [0.717, 1.165) is 67.7 Å². The third-order valence-electron chi connectivity index (χ3n) is 11.0. The van der Waals surface area contributed by atoms with Crippen LogP contribution in [0.3, 0.4) is 0 Å².